The molecule has 1 rings (SSSR count). The monoisotopic (exact) mass is 228 g/mol. The Labute approximate surface area is 95.7 Å². The van der Waals surface area contributed by atoms with Crippen molar-refractivity contribution < 1.29 is 14.6 Å². The largest absolute Gasteiger partial charge is 0.445 e. The summed E-state index contributed by atoms with van der Waals surface area (Å²) >= 11 is 0. The third kappa shape index (κ3) is 3.59. The molecule has 0 aromatic carbocycles. The zero-order chi connectivity index (χ0) is 12.2. The Morgan fingerprint density at radius 1 is 1.44 bits per heavy atom. The Balaban J connectivity index is 2.50. The summed E-state index contributed by atoms with van der Waals surface area (Å²) in [5.74, 6) is 1.44. The molecule has 0 saturated carbocycles. The van der Waals surface area contributed by atoms with Crippen molar-refractivity contribution in [2.45, 2.75) is 20.4 Å². The van der Waals surface area contributed by atoms with Gasteiger partial charge in [-0.2, -0.15) is 0 Å². The van der Waals surface area contributed by atoms with E-state index in [2.05, 4.69) is 4.98 Å². The molecule has 92 valence electrons. The van der Waals surface area contributed by atoms with Crippen LogP contribution in [0.4, 0.5) is 0 Å². The van der Waals surface area contributed by atoms with Gasteiger partial charge in [-0.05, 0) is 14.0 Å². The quantitative estimate of drug-likeness (QED) is 0.738. The third-order valence-corrected chi connectivity index (χ3v) is 2.49. The van der Waals surface area contributed by atoms with Gasteiger partial charge in [0.05, 0.1) is 26.0 Å². The Morgan fingerprint density at radius 2 is 2.06 bits per heavy atom. The first-order chi connectivity index (χ1) is 7.49. The SMILES string of the molecule is Cc1cnc(CN(C)CC(C)(CO)CO)o1. The molecular weight excluding hydrogens is 208 g/mol. The minimum Gasteiger partial charge on any atom is -0.445 e. The maximum absolute atomic E-state index is 9.18. The molecule has 0 saturated heterocycles. The Morgan fingerprint density at radius 3 is 2.50 bits per heavy atom. The summed E-state index contributed by atoms with van der Waals surface area (Å²) in [6.45, 7) is 4.76. The first-order valence-electron chi connectivity index (χ1n) is 5.31. The molecule has 0 radical (unpaired) electrons. The van der Waals surface area contributed by atoms with Crippen molar-refractivity contribution in [1.29, 1.82) is 0 Å². The minimum atomic E-state index is -0.490. The maximum atomic E-state index is 9.18. The Hall–Kier alpha value is -0.910. The molecule has 0 amide bonds. The fraction of sp³-hybridized carbons (Fsp3) is 0.727. The molecule has 5 heteroatoms. The fourth-order valence-electron chi connectivity index (χ4n) is 1.56. The van der Waals surface area contributed by atoms with E-state index in [0.29, 0.717) is 19.0 Å². The summed E-state index contributed by atoms with van der Waals surface area (Å²) in [4.78, 5) is 6.07. The highest BCUT2D eigenvalue weighted by atomic mass is 16.4. The minimum absolute atomic E-state index is 0.0432. The highest BCUT2D eigenvalue weighted by Crippen LogP contribution is 2.16. The summed E-state index contributed by atoms with van der Waals surface area (Å²) in [6.07, 6.45) is 1.68. The molecule has 16 heavy (non-hydrogen) atoms. The van der Waals surface area contributed by atoms with E-state index in [-0.39, 0.29) is 13.2 Å². The molecule has 2 N–H and O–H groups in total. The second-order valence-electron chi connectivity index (χ2n) is 4.66. The predicted octanol–water partition coefficient (Wildman–Crippen LogP) is 0.406. The van der Waals surface area contributed by atoms with Gasteiger partial charge in [-0.1, -0.05) is 6.92 Å². The van der Waals surface area contributed by atoms with Crippen LogP contribution in [0.1, 0.15) is 18.6 Å². The van der Waals surface area contributed by atoms with Crippen LogP contribution < -0.4 is 0 Å². The van der Waals surface area contributed by atoms with Crippen LogP contribution in [-0.4, -0.2) is 46.9 Å². The molecule has 0 aliphatic carbocycles. The van der Waals surface area contributed by atoms with Crippen LogP contribution >= 0.6 is 0 Å². The number of nitrogens with zero attached hydrogens (tertiary/aromatic N) is 2. The van der Waals surface area contributed by atoms with E-state index in [1.54, 1.807) is 6.20 Å². The number of rotatable bonds is 6. The van der Waals surface area contributed by atoms with E-state index < -0.39 is 5.41 Å². The van der Waals surface area contributed by atoms with E-state index in [0.717, 1.165) is 5.76 Å². The number of hydrogen-bond donors (Lipinski definition) is 2. The standard InChI is InChI=1S/C11H20N2O3/c1-9-4-12-10(16-9)5-13(3)6-11(2,7-14)8-15/h4,14-15H,5-8H2,1-3H3. The van der Waals surface area contributed by atoms with Crippen molar-refractivity contribution in [3.8, 4) is 0 Å². The number of aromatic nitrogens is 1. The van der Waals surface area contributed by atoms with Gasteiger partial charge in [0.2, 0.25) is 5.89 Å². The van der Waals surface area contributed by atoms with Gasteiger partial charge in [-0.25, -0.2) is 4.98 Å². The molecule has 0 aliphatic rings. The lowest BCUT2D eigenvalue weighted by Gasteiger charge is -2.29. The lowest BCUT2D eigenvalue weighted by Crippen LogP contribution is -2.38. The second-order valence-corrected chi connectivity index (χ2v) is 4.66. The molecular formula is C11H20N2O3. The highest BCUT2D eigenvalue weighted by Gasteiger charge is 2.24. The van der Waals surface area contributed by atoms with Crippen molar-refractivity contribution in [3.63, 3.8) is 0 Å². The van der Waals surface area contributed by atoms with Gasteiger partial charge in [-0.15, -0.1) is 0 Å². The zero-order valence-corrected chi connectivity index (χ0v) is 10.1. The molecule has 1 heterocycles. The smallest absolute Gasteiger partial charge is 0.208 e. The van der Waals surface area contributed by atoms with Crippen LogP contribution in [-0.2, 0) is 6.54 Å². The zero-order valence-electron chi connectivity index (χ0n) is 10.1. The highest BCUT2D eigenvalue weighted by molar-refractivity contribution is 4.91. The summed E-state index contributed by atoms with van der Waals surface area (Å²) in [7, 11) is 1.91. The fourth-order valence-corrected chi connectivity index (χ4v) is 1.56. The first kappa shape index (κ1) is 13.2. The number of hydrogen-bond acceptors (Lipinski definition) is 5. The molecule has 0 atom stereocenters. The lowest BCUT2D eigenvalue weighted by molar-refractivity contribution is 0.0382. The molecule has 0 spiro atoms. The molecule has 5 nitrogen and oxygen atoms in total. The van der Waals surface area contributed by atoms with Crippen molar-refractivity contribution in [3.05, 3.63) is 17.8 Å². The van der Waals surface area contributed by atoms with Crippen LogP contribution in [0.2, 0.25) is 0 Å². The van der Waals surface area contributed by atoms with Gasteiger partial charge >= 0.3 is 0 Å². The molecule has 1 aromatic heterocycles. The summed E-state index contributed by atoms with van der Waals surface area (Å²) in [5.41, 5.74) is -0.490. The number of oxazole rings is 1. The Bertz CT molecular complexity index is 321. The van der Waals surface area contributed by atoms with E-state index in [9.17, 15) is 10.2 Å². The third-order valence-electron chi connectivity index (χ3n) is 2.49. The van der Waals surface area contributed by atoms with Crippen molar-refractivity contribution in [1.82, 2.24) is 9.88 Å². The molecule has 0 bridgehead atoms. The van der Waals surface area contributed by atoms with Crippen LogP contribution in [0, 0.1) is 12.3 Å². The summed E-state index contributed by atoms with van der Waals surface area (Å²) < 4.78 is 5.36. The average molecular weight is 228 g/mol. The van der Waals surface area contributed by atoms with Crippen LogP contribution in [0.15, 0.2) is 10.6 Å². The van der Waals surface area contributed by atoms with Gasteiger partial charge in [0.15, 0.2) is 0 Å². The van der Waals surface area contributed by atoms with Crippen LogP contribution in [0.25, 0.3) is 0 Å². The number of aliphatic hydroxyl groups excluding tert-OH is 2. The average Bonchev–Trinajstić information content (AvgIpc) is 2.63. The molecule has 0 fully saturated rings. The van der Waals surface area contributed by atoms with Gasteiger partial charge in [0.25, 0.3) is 0 Å². The molecule has 1 aromatic rings. The maximum Gasteiger partial charge on any atom is 0.208 e. The van der Waals surface area contributed by atoms with E-state index in [1.807, 2.05) is 25.8 Å². The van der Waals surface area contributed by atoms with Gasteiger partial charge < -0.3 is 14.6 Å². The molecule has 0 aliphatic heterocycles. The van der Waals surface area contributed by atoms with Crippen LogP contribution in [0.3, 0.4) is 0 Å². The number of aliphatic hydroxyl groups is 2. The van der Waals surface area contributed by atoms with E-state index in [1.165, 1.54) is 0 Å². The first-order valence-corrected chi connectivity index (χ1v) is 5.31. The summed E-state index contributed by atoms with van der Waals surface area (Å²) in [5, 5.41) is 18.4. The summed E-state index contributed by atoms with van der Waals surface area (Å²) in [6, 6.07) is 0. The van der Waals surface area contributed by atoms with Crippen molar-refractivity contribution in [2.24, 2.45) is 5.41 Å². The number of aryl methyl sites for hydroxylation is 1. The topological polar surface area (TPSA) is 69.7 Å². The van der Waals surface area contributed by atoms with Crippen molar-refractivity contribution in [2.75, 3.05) is 26.8 Å². The Kier molecular flexibility index (Phi) is 4.46. The lowest BCUT2D eigenvalue weighted by atomic mass is 9.92. The van der Waals surface area contributed by atoms with E-state index >= 15 is 0 Å². The van der Waals surface area contributed by atoms with Gasteiger partial charge in [0, 0.05) is 12.0 Å². The molecule has 0 unspecified atom stereocenters. The van der Waals surface area contributed by atoms with Crippen molar-refractivity contribution >= 4 is 0 Å². The van der Waals surface area contributed by atoms with Crippen LogP contribution in [0.5, 0.6) is 0 Å². The van der Waals surface area contributed by atoms with Gasteiger partial charge in [0.1, 0.15) is 5.76 Å². The normalized spacial score (nSPS) is 12.4. The second kappa shape index (κ2) is 5.43. The van der Waals surface area contributed by atoms with Gasteiger partial charge in [-0.3, -0.25) is 4.90 Å². The predicted molar refractivity (Wildman–Crippen MR) is 59.9 cm³/mol. The van der Waals surface area contributed by atoms with E-state index in [4.69, 9.17) is 4.42 Å².